The van der Waals surface area contributed by atoms with Crippen molar-refractivity contribution in [1.82, 2.24) is 14.8 Å². The van der Waals surface area contributed by atoms with Crippen molar-refractivity contribution in [1.29, 1.82) is 0 Å². The summed E-state index contributed by atoms with van der Waals surface area (Å²) in [6, 6.07) is 7.62. The van der Waals surface area contributed by atoms with E-state index in [0.29, 0.717) is 6.42 Å². The zero-order valence-corrected chi connectivity index (χ0v) is 12.6. The lowest BCUT2D eigenvalue weighted by Crippen LogP contribution is -2.51. The number of hydrogen-bond acceptors (Lipinski definition) is 2. The van der Waals surface area contributed by atoms with Crippen molar-refractivity contribution in [3.63, 3.8) is 0 Å². The molecule has 0 N–H and O–H groups in total. The highest BCUT2D eigenvalue weighted by molar-refractivity contribution is 9.10. The quantitative estimate of drug-likeness (QED) is 0.855. The maximum atomic E-state index is 13.5. The van der Waals surface area contributed by atoms with Gasteiger partial charge in [0.25, 0.3) is 0 Å². The first kappa shape index (κ1) is 13.7. The van der Waals surface area contributed by atoms with E-state index < -0.39 is 11.3 Å². The second-order valence-corrected chi connectivity index (χ2v) is 6.45. The molecule has 0 atom stereocenters. The number of benzene rings is 1. The molecule has 3 rings (SSSR count). The molecule has 2 aromatic rings. The molecule has 0 amide bonds. The van der Waals surface area contributed by atoms with Gasteiger partial charge >= 0.3 is 0 Å². The van der Waals surface area contributed by atoms with Gasteiger partial charge < -0.3 is 4.57 Å². The van der Waals surface area contributed by atoms with Gasteiger partial charge in [-0.1, -0.05) is 28.1 Å². The molecule has 1 aromatic carbocycles. The van der Waals surface area contributed by atoms with Crippen LogP contribution in [-0.2, 0) is 18.9 Å². The third kappa shape index (κ3) is 2.37. The predicted molar refractivity (Wildman–Crippen MR) is 74.7 cm³/mol. The molecular formula is C14H14BrF2N3. The number of hydrogen-bond donors (Lipinski definition) is 0. The fraction of sp³-hybridized carbons (Fsp3) is 0.429. The van der Waals surface area contributed by atoms with E-state index >= 15 is 0 Å². The lowest BCUT2D eigenvalue weighted by molar-refractivity contribution is -0.127. The fourth-order valence-corrected chi connectivity index (χ4v) is 3.36. The maximum Gasteiger partial charge on any atom is 0.249 e. The van der Waals surface area contributed by atoms with E-state index in [2.05, 4.69) is 26.1 Å². The molecule has 0 unspecified atom stereocenters. The Kier molecular flexibility index (Phi) is 3.16. The van der Waals surface area contributed by atoms with E-state index in [-0.39, 0.29) is 12.8 Å². The number of aromatic nitrogens is 3. The third-order valence-corrected chi connectivity index (χ3v) is 4.43. The summed E-state index contributed by atoms with van der Waals surface area (Å²) in [6.45, 7) is 0. The highest BCUT2D eigenvalue weighted by Gasteiger charge is 2.57. The van der Waals surface area contributed by atoms with Crippen LogP contribution in [0.3, 0.4) is 0 Å². The van der Waals surface area contributed by atoms with E-state index in [4.69, 9.17) is 0 Å². The van der Waals surface area contributed by atoms with Crippen molar-refractivity contribution in [2.75, 3.05) is 0 Å². The van der Waals surface area contributed by atoms with Gasteiger partial charge in [-0.15, -0.1) is 10.2 Å². The van der Waals surface area contributed by atoms with Crippen molar-refractivity contribution >= 4 is 15.9 Å². The molecule has 0 radical (unpaired) electrons. The largest absolute Gasteiger partial charge is 0.321 e. The fourth-order valence-electron chi connectivity index (χ4n) is 2.96. The van der Waals surface area contributed by atoms with E-state index in [0.717, 1.165) is 15.9 Å². The molecule has 1 heterocycles. The number of nitrogens with zero attached hydrogens (tertiary/aromatic N) is 3. The van der Waals surface area contributed by atoms with Gasteiger partial charge in [0.15, 0.2) is 0 Å². The van der Waals surface area contributed by atoms with Crippen LogP contribution in [0.2, 0.25) is 0 Å². The number of aryl methyl sites for hydroxylation is 1. The highest BCUT2D eigenvalue weighted by Crippen LogP contribution is 2.55. The van der Waals surface area contributed by atoms with Crippen molar-refractivity contribution < 1.29 is 8.78 Å². The van der Waals surface area contributed by atoms with Crippen LogP contribution in [0, 0.1) is 0 Å². The molecule has 0 aliphatic heterocycles. The summed E-state index contributed by atoms with van der Waals surface area (Å²) in [6.07, 6.45) is 1.81. The Morgan fingerprint density at radius 2 is 2.10 bits per heavy atom. The molecule has 1 aliphatic rings. The Bertz CT molecular complexity index is 631. The first-order valence-corrected chi connectivity index (χ1v) is 7.16. The zero-order valence-electron chi connectivity index (χ0n) is 11.0. The van der Waals surface area contributed by atoms with Crippen molar-refractivity contribution in [3.8, 4) is 0 Å². The van der Waals surface area contributed by atoms with Gasteiger partial charge in [0.2, 0.25) is 5.92 Å². The van der Waals surface area contributed by atoms with Gasteiger partial charge in [-0.3, -0.25) is 0 Å². The van der Waals surface area contributed by atoms with Crippen LogP contribution in [0.15, 0.2) is 35.1 Å². The van der Waals surface area contributed by atoms with Crippen LogP contribution in [-0.4, -0.2) is 20.7 Å². The van der Waals surface area contributed by atoms with Crippen LogP contribution >= 0.6 is 15.9 Å². The molecule has 1 saturated carbocycles. The molecular weight excluding hydrogens is 328 g/mol. The average molecular weight is 342 g/mol. The van der Waals surface area contributed by atoms with Gasteiger partial charge in [-0.25, -0.2) is 8.78 Å². The molecule has 1 aliphatic carbocycles. The summed E-state index contributed by atoms with van der Waals surface area (Å²) >= 11 is 3.41. The second kappa shape index (κ2) is 4.62. The normalized spacial score (nSPS) is 19.6. The summed E-state index contributed by atoms with van der Waals surface area (Å²) < 4.78 is 29.7. The summed E-state index contributed by atoms with van der Waals surface area (Å²) in [7, 11) is 1.83. The molecule has 3 nitrogen and oxygen atoms in total. The second-order valence-electron chi connectivity index (χ2n) is 5.54. The Morgan fingerprint density at radius 1 is 1.35 bits per heavy atom. The van der Waals surface area contributed by atoms with Gasteiger partial charge in [0, 0.05) is 36.2 Å². The topological polar surface area (TPSA) is 30.7 Å². The molecule has 106 valence electrons. The average Bonchev–Trinajstić information content (AvgIpc) is 2.72. The van der Waals surface area contributed by atoms with Gasteiger partial charge in [0.1, 0.15) is 12.2 Å². The van der Waals surface area contributed by atoms with Crippen molar-refractivity contribution in [3.05, 3.63) is 46.5 Å². The number of alkyl halides is 2. The number of rotatable bonds is 3. The van der Waals surface area contributed by atoms with Crippen molar-refractivity contribution in [2.45, 2.75) is 30.6 Å². The molecule has 6 heteroatoms. The molecule has 0 spiro atoms. The molecule has 20 heavy (non-hydrogen) atoms. The number of halogens is 3. The van der Waals surface area contributed by atoms with E-state index in [1.807, 2.05) is 31.3 Å². The molecule has 0 saturated heterocycles. The predicted octanol–water partition coefficient (Wildman–Crippen LogP) is 3.49. The van der Waals surface area contributed by atoms with Crippen molar-refractivity contribution in [2.24, 2.45) is 7.05 Å². The Hall–Kier alpha value is -1.30. The Labute approximate surface area is 124 Å². The summed E-state index contributed by atoms with van der Waals surface area (Å²) in [4.78, 5) is 0. The monoisotopic (exact) mass is 341 g/mol. The third-order valence-electron chi connectivity index (χ3n) is 3.93. The molecule has 1 aromatic heterocycles. The minimum atomic E-state index is -2.58. The maximum absolute atomic E-state index is 13.5. The van der Waals surface area contributed by atoms with Gasteiger partial charge in [0.05, 0.1) is 0 Å². The smallest absolute Gasteiger partial charge is 0.249 e. The molecule has 0 bridgehead atoms. The summed E-state index contributed by atoms with van der Waals surface area (Å²) in [5.74, 6) is -1.85. The lowest BCUT2D eigenvalue weighted by Gasteiger charge is -2.47. The first-order chi connectivity index (χ1) is 9.40. The molecule has 1 fully saturated rings. The Balaban J connectivity index is 1.96. The first-order valence-electron chi connectivity index (χ1n) is 6.37. The Morgan fingerprint density at radius 3 is 2.65 bits per heavy atom. The van der Waals surface area contributed by atoms with Gasteiger partial charge in [-0.2, -0.15) is 0 Å². The van der Waals surface area contributed by atoms with Crippen LogP contribution in [0.4, 0.5) is 8.78 Å². The minimum absolute atomic E-state index is 0.136. The van der Waals surface area contributed by atoms with Gasteiger partial charge in [-0.05, 0) is 17.7 Å². The summed E-state index contributed by atoms with van der Waals surface area (Å²) in [5, 5.41) is 7.86. The van der Waals surface area contributed by atoms with Crippen LogP contribution in [0.1, 0.15) is 24.2 Å². The standard InChI is InChI=1S/C14H14BrF2N3/c1-20-9-18-19-12(20)6-13(7-14(16,17)8-13)10-3-2-4-11(15)5-10/h2-5,9H,6-8H2,1H3. The van der Waals surface area contributed by atoms with E-state index in [1.54, 1.807) is 10.9 Å². The van der Waals surface area contributed by atoms with E-state index in [9.17, 15) is 8.78 Å². The SMILES string of the molecule is Cn1cnnc1CC1(c2cccc(Br)c2)CC(F)(F)C1. The highest BCUT2D eigenvalue weighted by atomic mass is 79.9. The minimum Gasteiger partial charge on any atom is -0.321 e. The summed E-state index contributed by atoms with van der Waals surface area (Å²) in [5.41, 5.74) is 0.384. The lowest BCUT2D eigenvalue weighted by atomic mass is 9.60. The van der Waals surface area contributed by atoms with E-state index in [1.165, 1.54) is 0 Å². The van der Waals surface area contributed by atoms with Crippen LogP contribution in [0.25, 0.3) is 0 Å². The zero-order chi connectivity index (χ0) is 14.4. The van der Waals surface area contributed by atoms with Crippen LogP contribution in [0.5, 0.6) is 0 Å². The van der Waals surface area contributed by atoms with Crippen LogP contribution < -0.4 is 0 Å².